The number of aromatic hydroxyl groups is 1. The minimum absolute atomic E-state index is 0.0981. The summed E-state index contributed by atoms with van der Waals surface area (Å²) in [5.74, 6) is -2.36. The van der Waals surface area contributed by atoms with Crippen LogP contribution in [-0.4, -0.2) is 28.9 Å². The summed E-state index contributed by atoms with van der Waals surface area (Å²) < 4.78 is 0. The number of halogens is 2. The maximum absolute atomic E-state index is 12.4. The first-order valence-corrected chi connectivity index (χ1v) is 9.09. The first-order chi connectivity index (χ1) is 13.2. The molecule has 1 atom stereocenters. The molecular formula is C19H19Cl2N3O4. The van der Waals surface area contributed by atoms with Gasteiger partial charge >= 0.3 is 0 Å². The van der Waals surface area contributed by atoms with E-state index >= 15 is 0 Å². The van der Waals surface area contributed by atoms with Gasteiger partial charge in [-0.15, -0.1) is 0 Å². The van der Waals surface area contributed by atoms with E-state index in [1.165, 1.54) is 30.3 Å². The lowest BCUT2D eigenvalue weighted by Gasteiger charge is -2.22. The van der Waals surface area contributed by atoms with Gasteiger partial charge in [0.1, 0.15) is 11.8 Å². The molecule has 28 heavy (non-hydrogen) atoms. The van der Waals surface area contributed by atoms with Gasteiger partial charge in [-0.3, -0.25) is 25.2 Å². The molecule has 0 unspecified atom stereocenters. The summed E-state index contributed by atoms with van der Waals surface area (Å²) in [5.41, 5.74) is 4.69. The predicted octanol–water partition coefficient (Wildman–Crippen LogP) is 2.91. The first kappa shape index (κ1) is 21.5. The molecule has 0 spiro atoms. The third-order valence-electron chi connectivity index (χ3n) is 3.84. The van der Waals surface area contributed by atoms with Crippen LogP contribution in [0.25, 0.3) is 0 Å². The number of nitrogens with one attached hydrogen (secondary N) is 3. The summed E-state index contributed by atoms with van der Waals surface area (Å²) in [5, 5.41) is 13.1. The highest BCUT2D eigenvalue weighted by molar-refractivity contribution is 6.31. The number of carbonyl (C=O) groups excluding carboxylic acids is 3. The Kier molecular flexibility index (Phi) is 7.25. The van der Waals surface area contributed by atoms with Crippen molar-refractivity contribution in [1.29, 1.82) is 0 Å². The van der Waals surface area contributed by atoms with E-state index in [4.69, 9.17) is 23.2 Å². The topological polar surface area (TPSA) is 108 Å². The van der Waals surface area contributed by atoms with E-state index in [0.717, 1.165) is 0 Å². The number of hydrogen-bond donors (Lipinski definition) is 4. The fourth-order valence-corrected chi connectivity index (χ4v) is 2.61. The Hall–Kier alpha value is -2.77. The molecule has 2 aromatic rings. The second-order valence-electron chi connectivity index (χ2n) is 6.31. The maximum Gasteiger partial charge on any atom is 0.273 e. The van der Waals surface area contributed by atoms with Gasteiger partial charge in [0, 0.05) is 15.6 Å². The number of amides is 3. The lowest BCUT2D eigenvalue weighted by Crippen LogP contribution is -2.54. The Labute approximate surface area is 172 Å². The van der Waals surface area contributed by atoms with Crippen LogP contribution in [0.4, 0.5) is 0 Å². The van der Waals surface area contributed by atoms with E-state index in [-0.39, 0.29) is 22.3 Å². The van der Waals surface area contributed by atoms with Crippen molar-refractivity contribution in [3.8, 4) is 5.75 Å². The van der Waals surface area contributed by atoms with E-state index in [1.54, 1.807) is 26.0 Å². The summed E-state index contributed by atoms with van der Waals surface area (Å²) in [4.78, 5) is 36.9. The number of hydrogen-bond acceptors (Lipinski definition) is 4. The van der Waals surface area contributed by atoms with Crippen molar-refractivity contribution in [1.82, 2.24) is 16.2 Å². The predicted molar refractivity (Wildman–Crippen MR) is 106 cm³/mol. The number of phenolic OH excluding ortho intramolecular Hbond substituents is 1. The molecule has 0 fully saturated rings. The van der Waals surface area contributed by atoms with Gasteiger partial charge < -0.3 is 10.4 Å². The minimum atomic E-state index is -0.906. The number of benzene rings is 2. The Morgan fingerprint density at radius 3 is 2.11 bits per heavy atom. The molecule has 9 heteroatoms. The van der Waals surface area contributed by atoms with Crippen molar-refractivity contribution in [2.45, 2.75) is 19.9 Å². The molecule has 0 radical (unpaired) electrons. The molecule has 0 saturated heterocycles. The highest BCUT2D eigenvalue weighted by atomic mass is 35.5. The van der Waals surface area contributed by atoms with Crippen LogP contribution >= 0.6 is 23.2 Å². The number of carbonyl (C=O) groups is 3. The van der Waals surface area contributed by atoms with E-state index in [1.807, 2.05) is 0 Å². The van der Waals surface area contributed by atoms with Crippen LogP contribution in [0, 0.1) is 5.92 Å². The Bertz CT molecular complexity index is 885. The van der Waals surface area contributed by atoms with Crippen LogP contribution in [0.2, 0.25) is 10.0 Å². The molecule has 2 aromatic carbocycles. The van der Waals surface area contributed by atoms with Gasteiger partial charge in [-0.25, -0.2) is 0 Å². The summed E-state index contributed by atoms with van der Waals surface area (Å²) >= 11 is 11.6. The monoisotopic (exact) mass is 423 g/mol. The molecule has 3 amide bonds. The van der Waals surface area contributed by atoms with Gasteiger partial charge in [0.15, 0.2) is 0 Å². The van der Waals surface area contributed by atoms with Gasteiger partial charge in [-0.1, -0.05) is 37.0 Å². The van der Waals surface area contributed by atoms with Crippen LogP contribution in [0.5, 0.6) is 5.75 Å². The second kappa shape index (κ2) is 9.43. The number of hydrazine groups is 1. The van der Waals surface area contributed by atoms with E-state index < -0.39 is 23.8 Å². The molecule has 0 aliphatic rings. The molecule has 148 valence electrons. The zero-order valence-electron chi connectivity index (χ0n) is 15.1. The molecule has 0 aromatic heterocycles. The van der Waals surface area contributed by atoms with Gasteiger partial charge in [-0.05, 0) is 48.4 Å². The van der Waals surface area contributed by atoms with Crippen LogP contribution in [0.15, 0.2) is 42.5 Å². The summed E-state index contributed by atoms with van der Waals surface area (Å²) in [7, 11) is 0. The first-order valence-electron chi connectivity index (χ1n) is 8.34. The molecule has 0 aliphatic carbocycles. The Morgan fingerprint density at radius 1 is 0.893 bits per heavy atom. The molecule has 0 bridgehead atoms. The third-order valence-corrected chi connectivity index (χ3v) is 4.33. The van der Waals surface area contributed by atoms with Gasteiger partial charge in [0.2, 0.25) is 0 Å². The third kappa shape index (κ3) is 5.61. The number of phenols is 1. The van der Waals surface area contributed by atoms with Crippen molar-refractivity contribution in [3.05, 3.63) is 63.6 Å². The van der Waals surface area contributed by atoms with E-state index in [2.05, 4.69) is 16.2 Å². The molecule has 0 aliphatic heterocycles. The van der Waals surface area contributed by atoms with Crippen molar-refractivity contribution in [2.75, 3.05) is 0 Å². The van der Waals surface area contributed by atoms with Crippen molar-refractivity contribution in [2.24, 2.45) is 5.92 Å². The van der Waals surface area contributed by atoms with Crippen molar-refractivity contribution in [3.63, 3.8) is 0 Å². The standard InChI is InChI=1S/C19H19Cl2N3O4/c1-10(2)16(22-17(26)11-3-5-12(20)6-4-11)19(28)24-23-18(27)14-9-13(21)7-8-15(14)25/h3-10,16,25H,1-2H3,(H,22,26)(H,23,27)(H,24,28)/t16-/m0/s1. The molecule has 7 nitrogen and oxygen atoms in total. The van der Waals surface area contributed by atoms with Crippen LogP contribution in [0.3, 0.4) is 0 Å². The fraction of sp³-hybridized carbons (Fsp3) is 0.211. The van der Waals surface area contributed by atoms with Crippen molar-refractivity contribution < 1.29 is 19.5 Å². The lowest BCUT2D eigenvalue weighted by molar-refractivity contribution is -0.124. The van der Waals surface area contributed by atoms with Crippen molar-refractivity contribution >= 4 is 40.9 Å². The smallest absolute Gasteiger partial charge is 0.273 e. The Balaban J connectivity index is 2.02. The molecule has 0 heterocycles. The quantitative estimate of drug-likeness (QED) is 0.554. The SMILES string of the molecule is CC(C)[C@H](NC(=O)c1ccc(Cl)cc1)C(=O)NNC(=O)c1cc(Cl)ccc1O. The minimum Gasteiger partial charge on any atom is -0.507 e. The maximum atomic E-state index is 12.4. The highest BCUT2D eigenvalue weighted by Crippen LogP contribution is 2.21. The molecular weight excluding hydrogens is 405 g/mol. The summed E-state index contributed by atoms with van der Waals surface area (Å²) in [6.07, 6.45) is 0. The van der Waals surface area contributed by atoms with Gasteiger partial charge in [0.05, 0.1) is 5.56 Å². The zero-order chi connectivity index (χ0) is 20.8. The average Bonchev–Trinajstić information content (AvgIpc) is 2.65. The second-order valence-corrected chi connectivity index (χ2v) is 7.18. The van der Waals surface area contributed by atoms with Crippen LogP contribution in [0.1, 0.15) is 34.6 Å². The number of rotatable bonds is 5. The lowest BCUT2D eigenvalue weighted by atomic mass is 10.0. The molecule has 0 saturated carbocycles. The molecule has 4 N–H and O–H groups in total. The normalized spacial score (nSPS) is 11.6. The van der Waals surface area contributed by atoms with Gasteiger partial charge in [0.25, 0.3) is 17.7 Å². The average molecular weight is 424 g/mol. The van der Waals surface area contributed by atoms with E-state index in [9.17, 15) is 19.5 Å². The van der Waals surface area contributed by atoms with Crippen LogP contribution < -0.4 is 16.2 Å². The van der Waals surface area contributed by atoms with Crippen LogP contribution in [-0.2, 0) is 4.79 Å². The fourth-order valence-electron chi connectivity index (χ4n) is 2.31. The van der Waals surface area contributed by atoms with E-state index in [0.29, 0.717) is 10.6 Å². The zero-order valence-corrected chi connectivity index (χ0v) is 16.6. The Morgan fingerprint density at radius 2 is 1.50 bits per heavy atom. The largest absolute Gasteiger partial charge is 0.507 e. The highest BCUT2D eigenvalue weighted by Gasteiger charge is 2.25. The van der Waals surface area contributed by atoms with Gasteiger partial charge in [-0.2, -0.15) is 0 Å². The summed E-state index contributed by atoms with van der Waals surface area (Å²) in [6.45, 7) is 3.49. The molecule has 2 rings (SSSR count). The summed E-state index contributed by atoms with van der Waals surface area (Å²) in [6, 6.07) is 9.26.